The zero-order valence-electron chi connectivity index (χ0n) is 11.8. The van der Waals surface area contributed by atoms with Gasteiger partial charge < -0.3 is 11.1 Å². The van der Waals surface area contributed by atoms with E-state index in [1.165, 1.54) is 9.75 Å². The van der Waals surface area contributed by atoms with Gasteiger partial charge in [0.2, 0.25) is 5.28 Å². The molecule has 1 atom stereocenters. The maximum absolute atomic E-state index is 6.07. The summed E-state index contributed by atoms with van der Waals surface area (Å²) < 4.78 is 1.97. The number of rotatable bonds is 5. The van der Waals surface area contributed by atoms with Gasteiger partial charge in [-0.2, -0.15) is 4.98 Å². The SMILES string of the molecule is C[C@H](N)Cc1sc2c(NCc3cccs3)nc(Cl)nc2c1Br. The second kappa shape index (κ2) is 6.80. The van der Waals surface area contributed by atoms with E-state index in [-0.39, 0.29) is 11.3 Å². The summed E-state index contributed by atoms with van der Waals surface area (Å²) >= 11 is 13.1. The third-order valence-electron chi connectivity index (χ3n) is 3.03. The van der Waals surface area contributed by atoms with Crippen molar-refractivity contribution in [2.24, 2.45) is 5.73 Å². The summed E-state index contributed by atoms with van der Waals surface area (Å²) in [5.41, 5.74) is 6.76. The number of hydrogen-bond donors (Lipinski definition) is 2. The number of nitrogens with two attached hydrogens (primary N) is 1. The molecule has 0 amide bonds. The fourth-order valence-electron chi connectivity index (χ4n) is 2.10. The van der Waals surface area contributed by atoms with Gasteiger partial charge in [-0.3, -0.25) is 0 Å². The second-order valence-electron chi connectivity index (χ2n) is 4.97. The summed E-state index contributed by atoms with van der Waals surface area (Å²) in [4.78, 5) is 11.1. The summed E-state index contributed by atoms with van der Waals surface area (Å²) in [6.45, 7) is 2.71. The highest BCUT2D eigenvalue weighted by Gasteiger charge is 2.17. The lowest BCUT2D eigenvalue weighted by Crippen LogP contribution is -2.17. The van der Waals surface area contributed by atoms with Crippen LogP contribution in [0, 0.1) is 0 Å². The van der Waals surface area contributed by atoms with Crippen LogP contribution in [-0.2, 0) is 13.0 Å². The minimum atomic E-state index is 0.0929. The topological polar surface area (TPSA) is 63.8 Å². The highest BCUT2D eigenvalue weighted by Crippen LogP contribution is 2.39. The molecule has 0 aliphatic rings. The number of fused-ring (bicyclic) bond motifs is 1. The molecule has 0 aliphatic heterocycles. The summed E-state index contributed by atoms with van der Waals surface area (Å²) in [6.07, 6.45) is 0.795. The van der Waals surface area contributed by atoms with Gasteiger partial charge in [-0.15, -0.1) is 22.7 Å². The normalized spacial score (nSPS) is 12.7. The summed E-state index contributed by atoms with van der Waals surface area (Å²) in [6, 6.07) is 4.21. The molecule has 3 aromatic heterocycles. The Hall–Kier alpha value is -0.730. The predicted molar refractivity (Wildman–Crippen MR) is 99.1 cm³/mol. The molecule has 8 heteroatoms. The number of hydrogen-bond acceptors (Lipinski definition) is 6. The van der Waals surface area contributed by atoms with E-state index in [2.05, 4.69) is 42.7 Å². The quantitative estimate of drug-likeness (QED) is 0.592. The molecule has 3 N–H and O–H groups in total. The van der Waals surface area contributed by atoms with E-state index in [0.29, 0.717) is 0 Å². The van der Waals surface area contributed by atoms with Crippen LogP contribution < -0.4 is 11.1 Å². The molecule has 3 aromatic rings. The molecule has 116 valence electrons. The standard InChI is InChI=1S/C14H14BrClN4S2/c1-7(17)5-9-10(15)11-12(22-9)13(20-14(16)19-11)18-6-8-3-2-4-21-8/h2-4,7H,5-6,17H2,1H3,(H,18,19,20)/t7-/m0/s1. The fraction of sp³-hybridized carbons (Fsp3) is 0.286. The van der Waals surface area contributed by atoms with Crippen LogP contribution in [0.4, 0.5) is 5.82 Å². The van der Waals surface area contributed by atoms with E-state index in [9.17, 15) is 0 Å². The molecule has 0 unspecified atom stereocenters. The van der Waals surface area contributed by atoms with Gasteiger partial charge in [0.25, 0.3) is 0 Å². The number of halogens is 2. The third kappa shape index (κ3) is 3.44. The highest BCUT2D eigenvalue weighted by molar-refractivity contribution is 9.10. The fourth-order valence-corrected chi connectivity index (χ4v) is 4.97. The maximum Gasteiger partial charge on any atom is 0.225 e. The van der Waals surface area contributed by atoms with Gasteiger partial charge in [0.1, 0.15) is 11.3 Å². The van der Waals surface area contributed by atoms with E-state index < -0.39 is 0 Å². The smallest absolute Gasteiger partial charge is 0.225 e. The van der Waals surface area contributed by atoms with Gasteiger partial charge in [0.05, 0.1) is 15.7 Å². The van der Waals surface area contributed by atoms with Gasteiger partial charge in [0.15, 0.2) is 0 Å². The molecule has 0 bridgehead atoms. The average molecular weight is 418 g/mol. The van der Waals surface area contributed by atoms with E-state index in [1.807, 2.05) is 13.0 Å². The zero-order chi connectivity index (χ0) is 15.7. The van der Waals surface area contributed by atoms with Crippen molar-refractivity contribution in [1.29, 1.82) is 0 Å². The first kappa shape index (κ1) is 16.1. The molecule has 0 aliphatic carbocycles. The Balaban J connectivity index is 1.98. The Bertz CT molecular complexity index is 786. The summed E-state index contributed by atoms with van der Waals surface area (Å²) in [5, 5.41) is 5.66. The monoisotopic (exact) mass is 416 g/mol. The van der Waals surface area contributed by atoms with Crippen molar-refractivity contribution in [3.8, 4) is 0 Å². The Labute approximate surface area is 149 Å². The van der Waals surface area contributed by atoms with Crippen molar-refractivity contribution in [2.75, 3.05) is 5.32 Å². The Morgan fingerprint density at radius 2 is 2.27 bits per heavy atom. The van der Waals surface area contributed by atoms with Crippen molar-refractivity contribution in [3.63, 3.8) is 0 Å². The largest absolute Gasteiger partial charge is 0.364 e. The lowest BCUT2D eigenvalue weighted by Gasteiger charge is -2.05. The Morgan fingerprint density at radius 1 is 1.45 bits per heavy atom. The lowest BCUT2D eigenvalue weighted by molar-refractivity contribution is 0.745. The van der Waals surface area contributed by atoms with Crippen LogP contribution in [0.25, 0.3) is 10.2 Å². The molecule has 0 radical (unpaired) electrons. The van der Waals surface area contributed by atoms with Crippen LogP contribution in [0.15, 0.2) is 22.0 Å². The lowest BCUT2D eigenvalue weighted by atomic mass is 10.2. The predicted octanol–water partition coefficient (Wildman–Crippen LogP) is 4.67. The van der Waals surface area contributed by atoms with Crippen LogP contribution in [-0.4, -0.2) is 16.0 Å². The molecular weight excluding hydrogens is 404 g/mol. The van der Waals surface area contributed by atoms with E-state index in [1.54, 1.807) is 22.7 Å². The van der Waals surface area contributed by atoms with Crippen LogP contribution in [0.5, 0.6) is 0 Å². The number of nitrogens with one attached hydrogen (secondary N) is 1. The maximum atomic E-state index is 6.07. The summed E-state index contributed by atoms with van der Waals surface area (Å²) in [5.74, 6) is 0.769. The van der Waals surface area contributed by atoms with Gasteiger partial charge in [-0.05, 0) is 52.3 Å². The first-order valence-electron chi connectivity index (χ1n) is 6.71. The van der Waals surface area contributed by atoms with Crippen LogP contribution in [0.2, 0.25) is 5.28 Å². The van der Waals surface area contributed by atoms with Crippen molar-refractivity contribution >= 4 is 66.2 Å². The minimum absolute atomic E-state index is 0.0929. The first-order chi connectivity index (χ1) is 10.5. The first-order valence-corrected chi connectivity index (χ1v) is 9.57. The third-order valence-corrected chi connectivity index (χ3v) is 6.40. The van der Waals surface area contributed by atoms with Gasteiger partial charge in [-0.25, -0.2) is 4.98 Å². The molecule has 0 saturated carbocycles. The summed E-state index contributed by atoms with van der Waals surface area (Å²) in [7, 11) is 0. The van der Waals surface area contributed by atoms with Crippen molar-refractivity contribution in [3.05, 3.63) is 37.0 Å². The second-order valence-corrected chi connectivity index (χ2v) is 8.24. The van der Waals surface area contributed by atoms with Crippen molar-refractivity contribution in [2.45, 2.75) is 25.9 Å². The molecule has 0 spiro atoms. The molecule has 3 rings (SSSR count). The molecule has 4 nitrogen and oxygen atoms in total. The van der Waals surface area contributed by atoms with Crippen LogP contribution in [0.1, 0.15) is 16.7 Å². The van der Waals surface area contributed by atoms with Crippen molar-refractivity contribution < 1.29 is 0 Å². The van der Waals surface area contributed by atoms with Crippen LogP contribution >= 0.6 is 50.2 Å². The van der Waals surface area contributed by atoms with E-state index >= 15 is 0 Å². The number of thiophene rings is 2. The number of aromatic nitrogens is 2. The Morgan fingerprint density at radius 3 is 2.95 bits per heavy atom. The molecular formula is C14H14BrClN4S2. The average Bonchev–Trinajstić information content (AvgIpc) is 3.07. The van der Waals surface area contributed by atoms with E-state index in [4.69, 9.17) is 17.3 Å². The van der Waals surface area contributed by atoms with Crippen molar-refractivity contribution in [1.82, 2.24) is 9.97 Å². The zero-order valence-corrected chi connectivity index (χ0v) is 15.7. The van der Waals surface area contributed by atoms with Crippen LogP contribution in [0.3, 0.4) is 0 Å². The van der Waals surface area contributed by atoms with Gasteiger partial charge in [-0.1, -0.05) is 6.07 Å². The minimum Gasteiger partial charge on any atom is -0.364 e. The Kier molecular flexibility index (Phi) is 4.99. The highest BCUT2D eigenvalue weighted by atomic mass is 79.9. The molecule has 0 fully saturated rings. The molecule has 0 saturated heterocycles. The number of nitrogens with zero attached hydrogens (tertiary/aromatic N) is 2. The number of anilines is 1. The molecule has 22 heavy (non-hydrogen) atoms. The van der Waals surface area contributed by atoms with Gasteiger partial charge in [0, 0.05) is 15.8 Å². The molecule has 3 heterocycles. The van der Waals surface area contributed by atoms with Gasteiger partial charge >= 0.3 is 0 Å². The van der Waals surface area contributed by atoms with E-state index in [0.717, 1.165) is 33.5 Å². The molecule has 0 aromatic carbocycles.